The zero-order chi connectivity index (χ0) is 22.1. The van der Waals surface area contributed by atoms with Gasteiger partial charge in [0, 0.05) is 44.5 Å². The van der Waals surface area contributed by atoms with E-state index in [4.69, 9.17) is 38.9 Å². The number of hydrogen-bond donors (Lipinski definition) is 3. The van der Waals surface area contributed by atoms with Crippen molar-refractivity contribution in [3.05, 3.63) is 79.8 Å². The van der Waals surface area contributed by atoms with Crippen LogP contribution in [0.2, 0.25) is 10.0 Å². The van der Waals surface area contributed by atoms with E-state index < -0.39 is 0 Å². The molecule has 0 saturated carbocycles. The molecular formula is C22H24Cl2N6O. The molecule has 3 rings (SSSR count). The van der Waals surface area contributed by atoms with Gasteiger partial charge < -0.3 is 20.8 Å². The predicted molar refractivity (Wildman–Crippen MR) is 126 cm³/mol. The lowest BCUT2D eigenvalue weighted by atomic mass is 10.0. The largest absolute Gasteiger partial charge is 0.488 e. The van der Waals surface area contributed by atoms with E-state index in [-0.39, 0.29) is 13.2 Å². The lowest BCUT2D eigenvalue weighted by molar-refractivity contribution is 0.303. The van der Waals surface area contributed by atoms with Crippen LogP contribution in [0.25, 0.3) is 16.0 Å². The van der Waals surface area contributed by atoms with Crippen LogP contribution in [0.1, 0.15) is 29.5 Å². The third kappa shape index (κ3) is 6.39. The van der Waals surface area contributed by atoms with E-state index >= 15 is 0 Å². The molecule has 162 valence electrons. The van der Waals surface area contributed by atoms with Crippen molar-refractivity contribution in [2.75, 3.05) is 13.1 Å². The molecule has 2 aromatic rings. The fourth-order valence-corrected chi connectivity index (χ4v) is 3.84. The molecule has 31 heavy (non-hydrogen) atoms. The van der Waals surface area contributed by atoms with Crippen molar-refractivity contribution in [3.63, 3.8) is 0 Å². The molecule has 0 amide bonds. The normalized spacial score (nSPS) is 14.6. The van der Waals surface area contributed by atoms with Crippen LogP contribution in [-0.2, 0) is 13.2 Å². The number of nitrogens with zero attached hydrogens (tertiary/aromatic N) is 3. The van der Waals surface area contributed by atoms with Crippen LogP contribution in [0.5, 0.6) is 5.75 Å². The van der Waals surface area contributed by atoms with Crippen molar-refractivity contribution >= 4 is 35.0 Å². The molecule has 2 aromatic carbocycles. The molecule has 0 atom stereocenters. The Bertz CT molecular complexity index is 977. The Balaban J connectivity index is 1.84. The molecule has 1 aliphatic heterocycles. The molecule has 0 spiro atoms. The third-order valence-corrected chi connectivity index (χ3v) is 5.82. The minimum absolute atomic E-state index is 0.152. The van der Waals surface area contributed by atoms with Gasteiger partial charge in [-0.25, -0.2) is 0 Å². The zero-order valence-electron chi connectivity index (χ0n) is 16.9. The Morgan fingerprint density at radius 2 is 2.00 bits per heavy atom. The summed E-state index contributed by atoms with van der Waals surface area (Å²) in [6.07, 6.45) is 5.27. The van der Waals surface area contributed by atoms with E-state index in [1.54, 1.807) is 18.2 Å². The zero-order valence-corrected chi connectivity index (χ0v) is 18.5. The molecule has 1 aliphatic rings. The van der Waals surface area contributed by atoms with E-state index in [0.29, 0.717) is 27.4 Å². The van der Waals surface area contributed by atoms with Crippen molar-refractivity contribution in [1.82, 2.24) is 10.6 Å². The fourth-order valence-electron chi connectivity index (χ4n) is 3.33. The van der Waals surface area contributed by atoms with Crippen molar-refractivity contribution in [2.24, 2.45) is 5.11 Å². The summed E-state index contributed by atoms with van der Waals surface area (Å²) >= 11 is 12.5. The maximum Gasteiger partial charge on any atom is 0.123 e. The number of piperidine rings is 1. The van der Waals surface area contributed by atoms with E-state index in [2.05, 4.69) is 20.7 Å². The van der Waals surface area contributed by atoms with Gasteiger partial charge in [-0.1, -0.05) is 46.5 Å². The van der Waals surface area contributed by atoms with Crippen LogP contribution >= 0.6 is 23.2 Å². The Morgan fingerprint density at radius 3 is 2.68 bits per heavy atom. The Hall–Kier alpha value is -2.70. The number of rotatable bonds is 9. The average molecular weight is 459 g/mol. The number of azide groups is 1. The van der Waals surface area contributed by atoms with E-state index in [9.17, 15) is 0 Å². The highest BCUT2D eigenvalue weighted by molar-refractivity contribution is 6.35. The summed E-state index contributed by atoms with van der Waals surface area (Å²) in [7, 11) is 0. The first-order valence-electron chi connectivity index (χ1n) is 9.99. The maximum atomic E-state index is 8.70. The number of halogens is 2. The van der Waals surface area contributed by atoms with Gasteiger partial charge in [-0.05, 0) is 60.8 Å². The second kappa shape index (κ2) is 11.6. The van der Waals surface area contributed by atoms with Gasteiger partial charge in [0.25, 0.3) is 0 Å². The van der Waals surface area contributed by atoms with Crippen molar-refractivity contribution in [3.8, 4) is 5.75 Å². The maximum absolute atomic E-state index is 8.70. The number of allylic oxidation sites excluding steroid dienone is 1. The number of benzene rings is 2. The minimum atomic E-state index is 0.152. The highest BCUT2D eigenvalue weighted by Crippen LogP contribution is 2.29. The van der Waals surface area contributed by atoms with Gasteiger partial charge in [-0.15, -0.1) is 0 Å². The molecule has 1 fully saturated rings. The molecular weight excluding hydrogens is 435 g/mol. The Labute approximate surface area is 191 Å². The molecule has 0 aliphatic carbocycles. The van der Waals surface area contributed by atoms with Gasteiger partial charge in [0.15, 0.2) is 0 Å². The van der Waals surface area contributed by atoms with Crippen LogP contribution in [-0.4, -0.2) is 25.3 Å². The molecule has 1 heterocycles. The molecule has 0 unspecified atom stereocenters. The van der Waals surface area contributed by atoms with E-state index in [0.717, 1.165) is 42.6 Å². The third-order valence-electron chi connectivity index (χ3n) is 5.11. The number of nitrogens with one attached hydrogen (secondary N) is 3. The summed E-state index contributed by atoms with van der Waals surface area (Å²) in [5.41, 5.74) is 11.7. The quantitative estimate of drug-likeness (QED) is 0.193. The minimum Gasteiger partial charge on any atom is -0.488 e. The van der Waals surface area contributed by atoms with Crippen LogP contribution in [0.15, 0.2) is 47.7 Å². The number of hydrogen-bond acceptors (Lipinski definition) is 5. The highest BCUT2D eigenvalue weighted by Gasteiger charge is 2.13. The van der Waals surface area contributed by atoms with Crippen molar-refractivity contribution in [1.29, 1.82) is 5.41 Å². The second-order valence-corrected chi connectivity index (χ2v) is 7.95. The van der Waals surface area contributed by atoms with E-state index in [1.165, 1.54) is 6.21 Å². The highest BCUT2D eigenvalue weighted by atomic mass is 35.5. The summed E-state index contributed by atoms with van der Waals surface area (Å²) < 4.78 is 6.03. The Kier molecular flexibility index (Phi) is 8.62. The van der Waals surface area contributed by atoms with Gasteiger partial charge in [0.05, 0.1) is 6.54 Å². The summed E-state index contributed by atoms with van der Waals surface area (Å²) in [5, 5.41) is 19.3. The van der Waals surface area contributed by atoms with Crippen molar-refractivity contribution in [2.45, 2.75) is 32.0 Å². The standard InChI is InChI=1S/C22H24Cl2N6O/c23-20-2-1-3-21(24)19(20)14-31-22-10-15(4-5-16(22)13-29-30-26)17(11-25)12-28-18-6-8-27-9-7-18/h1-5,10-12,18,25,27-28H,6-9,13-14H2/b17-12+,25-11?. The van der Waals surface area contributed by atoms with Gasteiger partial charge in [-0.2, -0.15) is 0 Å². The Morgan fingerprint density at radius 1 is 1.26 bits per heavy atom. The summed E-state index contributed by atoms with van der Waals surface area (Å²) in [6, 6.07) is 11.2. The molecule has 9 heteroatoms. The first kappa shape index (κ1) is 23.0. The molecule has 0 radical (unpaired) electrons. The smallest absolute Gasteiger partial charge is 0.123 e. The van der Waals surface area contributed by atoms with Gasteiger partial charge in [0.2, 0.25) is 0 Å². The first-order chi connectivity index (χ1) is 15.1. The number of ether oxygens (including phenoxy) is 1. The topological polar surface area (TPSA) is 106 Å². The van der Waals surface area contributed by atoms with Gasteiger partial charge in [0.1, 0.15) is 12.4 Å². The monoisotopic (exact) mass is 458 g/mol. The predicted octanol–water partition coefficient (Wildman–Crippen LogP) is 5.71. The van der Waals surface area contributed by atoms with Crippen molar-refractivity contribution < 1.29 is 4.74 Å². The average Bonchev–Trinajstić information content (AvgIpc) is 2.79. The van der Waals surface area contributed by atoms with E-state index in [1.807, 2.05) is 24.4 Å². The van der Waals surface area contributed by atoms with Gasteiger partial charge in [-0.3, -0.25) is 0 Å². The fraction of sp³-hybridized carbons (Fsp3) is 0.318. The summed E-state index contributed by atoms with van der Waals surface area (Å²) in [5.74, 6) is 0.551. The lowest BCUT2D eigenvalue weighted by Crippen LogP contribution is -2.37. The lowest BCUT2D eigenvalue weighted by Gasteiger charge is -2.23. The van der Waals surface area contributed by atoms with Gasteiger partial charge >= 0.3 is 0 Å². The van der Waals surface area contributed by atoms with Crippen LogP contribution < -0.4 is 15.4 Å². The van der Waals surface area contributed by atoms with Crippen LogP contribution in [0.3, 0.4) is 0 Å². The molecule has 0 aromatic heterocycles. The SMILES string of the molecule is [N-]=[N+]=NCc1ccc(/C(C=N)=C/NC2CCNCC2)cc1OCc1c(Cl)cccc1Cl. The molecule has 3 N–H and O–H groups in total. The summed E-state index contributed by atoms with van der Waals surface area (Å²) in [4.78, 5) is 2.84. The molecule has 7 nitrogen and oxygen atoms in total. The first-order valence-corrected chi connectivity index (χ1v) is 10.7. The van der Waals surface area contributed by atoms with Crippen LogP contribution in [0.4, 0.5) is 0 Å². The van der Waals surface area contributed by atoms with Crippen LogP contribution in [0, 0.1) is 5.41 Å². The summed E-state index contributed by atoms with van der Waals surface area (Å²) in [6.45, 7) is 2.30. The molecule has 0 bridgehead atoms. The second-order valence-electron chi connectivity index (χ2n) is 7.14. The molecule has 1 saturated heterocycles.